The minimum absolute atomic E-state index is 0.00956. The van der Waals surface area contributed by atoms with E-state index in [2.05, 4.69) is 11.4 Å². The third-order valence-electron chi connectivity index (χ3n) is 5.63. The first-order chi connectivity index (χ1) is 16.3. The summed E-state index contributed by atoms with van der Waals surface area (Å²) in [6.07, 6.45) is 3.07. The smallest absolute Gasteiger partial charge is 0.259 e. The third-order valence-corrected chi connectivity index (χ3v) is 6.73. The average Bonchev–Trinajstić information content (AvgIpc) is 3.25. The number of nitrogens with zero attached hydrogens (tertiary/aromatic N) is 2. The largest absolute Gasteiger partial charge is 0.350 e. The molecule has 4 rings (SSSR count). The van der Waals surface area contributed by atoms with Crippen molar-refractivity contribution in [1.82, 2.24) is 14.8 Å². The Labute approximate surface area is 202 Å². The Morgan fingerprint density at radius 1 is 1.00 bits per heavy atom. The number of aromatic nitrogens is 1. The van der Waals surface area contributed by atoms with Gasteiger partial charge in [-0.05, 0) is 36.9 Å². The Balaban J connectivity index is 1.59. The maximum absolute atomic E-state index is 13.3. The van der Waals surface area contributed by atoms with E-state index in [1.54, 1.807) is 29.1 Å². The van der Waals surface area contributed by atoms with Gasteiger partial charge >= 0.3 is 0 Å². The number of amides is 2. The number of fused-ring (bicyclic) bond motifs is 1. The van der Waals surface area contributed by atoms with Crippen LogP contribution in [0.1, 0.15) is 51.0 Å². The molecule has 2 amide bonds. The van der Waals surface area contributed by atoms with Crippen LogP contribution in [0.25, 0.3) is 10.1 Å². The molecular weight excluding hydrogens is 446 g/mol. The van der Waals surface area contributed by atoms with E-state index in [4.69, 9.17) is 0 Å². The van der Waals surface area contributed by atoms with Crippen LogP contribution in [0, 0.1) is 0 Å². The van der Waals surface area contributed by atoms with Crippen LogP contribution >= 0.6 is 11.3 Å². The van der Waals surface area contributed by atoms with Crippen molar-refractivity contribution in [2.75, 3.05) is 7.05 Å². The van der Waals surface area contributed by atoms with Crippen LogP contribution in [0.15, 0.2) is 77.9 Å². The molecule has 0 fully saturated rings. The molecular formula is C27H27N3O3S. The number of hydrogen-bond donors (Lipinski definition) is 1. The molecule has 2 heterocycles. The Hall–Kier alpha value is -3.71. The Kier molecular flexibility index (Phi) is 6.93. The molecule has 0 aliphatic rings. The van der Waals surface area contributed by atoms with E-state index in [1.807, 2.05) is 68.4 Å². The SMILES string of the molecule is CC(C)n1cc(C(=O)NCc2ccccc2)c(=O)c(C(=O)N(C)Cc2cc3ccccc3s2)c1. The summed E-state index contributed by atoms with van der Waals surface area (Å²) in [4.78, 5) is 42.0. The maximum Gasteiger partial charge on any atom is 0.259 e. The number of nitrogens with one attached hydrogen (secondary N) is 1. The van der Waals surface area contributed by atoms with Gasteiger partial charge in [0.15, 0.2) is 0 Å². The second kappa shape index (κ2) is 10.1. The lowest BCUT2D eigenvalue weighted by Crippen LogP contribution is -2.36. The molecule has 7 heteroatoms. The zero-order chi connectivity index (χ0) is 24.2. The fourth-order valence-electron chi connectivity index (χ4n) is 3.71. The van der Waals surface area contributed by atoms with Crippen molar-refractivity contribution >= 4 is 33.2 Å². The van der Waals surface area contributed by atoms with E-state index in [0.29, 0.717) is 13.1 Å². The lowest BCUT2D eigenvalue weighted by atomic mass is 10.1. The van der Waals surface area contributed by atoms with Crippen molar-refractivity contribution in [3.05, 3.63) is 105 Å². The highest BCUT2D eigenvalue weighted by molar-refractivity contribution is 7.19. The molecule has 0 unspecified atom stereocenters. The van der Waals surface area contributed by atoms with Crippen LogP contribution in [0.4, 0.5) is 0 Å². The van der Waals surface area contributed by atoms with Gasteiger partial charge in [0.2, 0.25) is 5.43 Å². The highest BCUT2D eigenvalue weighted by atomic mass is 32.1. The van der Waals surface area contributed by atoms with E-state index in [1.165, 1.54) is 11.1 Å². The highest BCUT2D eigenvalue weighted by Gasteiger charge is 2.23. The van der Waals surface area contributed by atoms with Crippen molar-refractivity contribution in [3.63, 3.8) is 0 Å². The zero-order valence-electron chi connectivity index (χ0n) is 19.4. The zero-order valence-corrected chi connectivity index (χ0v) is 20.3. The van der Waals surface area contributed by atoms with Crippen LogP contribution in [0.5, 0.6) is 0 Å². The molecule has 2 aromatic heterocycles. The Morgan fingerprint density at radius 3 is 2.38 bits per heavy atom. The summed E-state index contributed by atoms with van der Waals surface area (Å²) >= 11 is 1.62. The molecule has 34 heavy (non-hydrogen) atoms. The summed E-state index contributed by atoms with van der Waals surface area (Å²) in [5, 5.41) is 3.92. The fourth-order valence-corrected chi connectivity index (χ4v) is 4.83. The molecule has 0 spiro atoms. The molecule has 0 saturated carbocycles. The first-order valence-electron chi connectivity index (χ1n) is 11.1. The number of carbonyl (C=O) groups is 2. The number of rotatable bonds is 7. The molecule has 4 aromatic rings. The van der Waals surface area contributed by atoms with E-state index in [0.717, 1.165) is 20.5 Å². The molecule has 1 N–H and O–H groups in total. The van der Waals surface area contributed by atoms with Crippen LogP contribution < -0.4 is 10.7 Å². The van der Waals surface area contributed by atoms with Crippen LogP contribution in [0.2, 0.25) is 0 Å². The van der Waals surface area contributed by atoms with Gasteiger partial charge in [-0.3, -0.25) is 14.4 Å². The summed E-state index contributed by atoms with van der Waals surface area (Å²) in [5.41, 5.74) is 0.321. The van der Waals surface area contributed by atoms with Gasteiger partial charge in [0.25, 0.3) is 11.8 Å². The highest BCUT2D eigenvalue weighted by Crippen LogP contribution is 2.26. The van der Waals surface area contributed by atoms with Crippen molar-refractivity contribution < 1.29 is 9.59 Å². The quantitative estimate of drug-likeness (QED) is 0.417. The van der Waals surface area contributed by atoms with Crippen LogP contribution in [-0.4, -0.2) is 28.3 Å². The molecule has 6 nitrogen and oxygen atoms in total. The average molecular weight is 474 g/mol. The summed E-state index contributed by atoms with van der Waals surface area (Å²) in [7, 11) is 1.67. The minimum Gasteiger partial charge on any atom is -0.350 e. The second-order valence-electron chi connectivity index (χ2n) is 8.54. The van der Waals surface area contributed by atoms with E-state index >= 15 is 0 Å². The minimum atomic E-state index is -0.560. The molecule has 0 bridgehead atoms. The molecule has 2 aromatic carbocycles. The number of carbonyl (C=O) groups excluding carboxylic acids is 2. The molecule has 0 aliphatic heterocycles. The first kappa shape index (κ1) is 23.4. The van der Waals surface area contributed by atoms with E-state index in [9.17, 15) is 14.4 Å². The normalized spacial score (nSPS) is 11.1. The third kappa shape index (κ3) is 5.10. The van der Waals surface area contributed by atoms with E-state index < -0.39 is 17.2 Å². The van der Waals surface area contributed by atoms with Crippen molar-refractivity contribution in [2.24, 2.45) is 0 Å². The summed E-state index contributed by atoms with van der Waals surface area (Å²) in [5.74, 6) is -0.903. The summed E-state index contributed by atoms with van der Waals surface area (Å²) in [6, 6.07) is 19.6. The predicted octanol–water partition coefficient (Wildman–Crippen LogP) is 4.85. The van der Waals surface area contributed by atoms with Gasteiger partial charge < -0.3 is 14.8 Å². The standard InChI is InChI=1S/C27H27N3O3S/c1-18(2)30-16-22(26(32)28-14-19-9-5-4-6-10-19)25(31)23(17-30)27(33)29(3)15-21-13-20-11-7-8-12-24(20)34-21/h4-13,16-18H,14-15H2,1-3H3,(H,28,32). The number of benzene rings is 2. The first-order valence-corrected chi connectivity index (χ1v) is 12.0. The van der Waals surface area contributed by atoms with Gasteiger partial charge in [-0.15, -0.1) is 11.3 Å². The summed E-state index contributed by atoms with van der Waals surface area (Å²) < 4.78 is 2.89. The lowest BCUT2D eigenvalue weighted by molar-refractivity contribution is 0.0784. The predicted molar refractivity (Wildman–Crippen MR) is 136 cm³/mol. The maximum atomic E-state index is 13.3. The fraction of sp³-hybridized carbons (Fsp3) is 0.222. The van der Waals surface area contributed by atoms with Crippen molar-refractivity contribution in [2.45, 2.75) is 33.0 Å². The van der Waals surface area contributed by atoms with Gasteiger partial charge in [0.1, 0.15) is 11.1 Å². The van der Waals surface area contributed by atoms with Gasteiger partial charge in [-0.1, -0.05) is 48.5 Å². The topological polar surface area (TPSA) is 71.4 Å². The second-order valence-corrected chi connectivity index (χ2v) is 9.70. The number of hydrogen-bond acceptors (Lipinski definition) is 4. The van der Waals surface area contributed by atoms with Gasteiger partial charge in [0.05, 0.1) is 6.54 Å². The molecule has 174 valence electrons. The van der Waals surface area contributed by atoms with Crippen LogP contribution in [0.3, 0.4) is 0 Å². The molecule has 0 radical (unpaired) electrons. The van der Waals surface area contributed by atoms with Crippen LogP contribution in [-0.2, 0) is 13.1 Å². The van der Waals surface area contributed by atoms with Gasteiger partial charge in [0, 0.05) is 41.6 Å². The van der Waals surface area contributed by atoms with Crippen molar-refractivity contribution in [3.8, 4) is 0 Å². The summed E-state index contributed by atoms with van der Waals surface area (Å²) in [6.45, 7) is 4.55. The van der Waals surface area contributed by atoms with E-state index in [-0.39, 0.29) is 17.2 Å². The lowest BCUT2D eigenvalue weighted by Gasteiger charge is -2.19. The van der Waals surface area contributed by atoms with Gasteiger partial charge in [-0.25, -0.2) is 0 Å². The molecule has 0 saturated heterocycles. The molecule has 0 aliphatic carbocycles. The number of thiophene rings is 1. The van der Waals surface area contributed by atoms with Crippen molar-refractivity contribution in [1.29, 1.82) is 0 Å². The number of pyridine rings is 1. The monoisotopic (exact) mass is 473 g/mol. The Bertz CT molecular complexity index is 1360. The Morgan fingerprint density at radius 2 is 1.68 bits per heavy atom. The molecule has 0 atom stereocenters. The van der Waals surface area contributed by atoms with Gasteiger partial charge in [-0.2, -0.15) is 0 Å².